The molecule has 3 nitrogen and oxygen atoms in total. The lowest BCUT2D eigenvalue weighted by molar-refractivity contribution is -0.111. The molecule has 1 aromatic heterocycles. The van der Waals surface area contributed by atoms with E-state index in [1.54, 1.807) is 24.4 Å². The van der Waals surface area contributed by atoms with Gasteiger partial charge in [0.05, 0.1) is 11.2 Å². The van der Waals surface area contributed by atoms with Crippen LogP contribution in [0, 0.1) is 0 Å². The van der Waals surface area contributed by atoms with Gasteiger partial charge in [0, 0.05) is 22.7 Å². The van der Waals surface area contributed by atoms with Crippen LogP contribution in [0.4, 0.5) is 5.69 Å². The Balaban J connectivity index is 1.81. The summed E-state index contributed by atoms with van der Waals surface area (Å²) in [7, 11) is 0. The molecule has 0 radical (unpaired) electrons. The summed E-state index contributed by atoms with van der Waals surface area (Å²) in [4.78, 5) is 16.3. The van der Waals surface area contributed by atoms with Crippen LogP contribution in [0.15, 0.2) is 66.9 Å². The van der Waals surface area contributed by atoms with Crippen LogP contribution in [-0.4, -0.2) is 10.9 Å². The minimum absolute atomic E-state index is 0.212. The highest BCUT2D eigenvalue weighted by Crippen LogP contribution is 2.21. The summed E-state index contributed by atoms with van der Waals surface area (Å²) in [5.41, 5.74) is 2.38. The van der Waals surface area contributed by atoms with Crippen LogP contribution in [0.2, 0.25) is 5.02 Å². The standard InChI is InChI=1S/C18H13ClN2O/c19-15-7-3-1-5-13(15)9-10-18(22)21-17-11-12-20-16-8-4-2-6-14(16)17/h1-12H,(H,20,21,22)/b10-9+. The maximum absolute atomic E-state index is 12.1. The smallest absolute Gasteiger partial charge is 0.248 e. The molecular formula is C18H13ClN2O. The first-order valence-electron chi connectivity index (χ1n) is 6.81. The third-order valence-electron chi connectivity index (χ3n) is 3.23. The monoisotopic (exact) mass is 308 g/mol. The van der Waals surface area contributed by atoms with E-state index in [0.717, 1.165) is 22.2 Å². The van der Waals surface area contributed by atoms with E-state index in [0.29, 0.717) is 5.02 Å². The minimum Gasteiger partial charge on any atom is -0.322 e. The molecule has 1 amide bonds. The molecule has 0 aliphatic carbocycles. The molecule has 0 unspecified atom stereocenters. The zero-order valence-electron chi connectivity index (χ0n) is 11.7. The van der Waals surface area contributed by atoms with Crippen LogP contribution < -0.4 is 5.32 Å². The summed E-state index contributed by atoms with van der Waals surface area (Å²) in [6, 6.07) is 16.8. The quantitative estimate of drug-likeness (QED) is 0.722. The number of halogens is 1. The Kier molecular flexibility index (Phi) is 4.17. The summed E-state index contributed by atoms with van der Waals surface area (Å²) in [6.45, 7) is 0. The number of fused-ring (bicyclic) bond motifs is 1. The molecule has 3 aromatic rings. The lowest BCUT2D eigenvalue weighted by Gasteiger charge is -2.06. The number of benzene rings is 2. The highest BCUT2D eigenvalue weighted by molar-refractivity contribution is 6.32. The molecule has 0 aliphatic heterocycles. The Morgan fingerprint density at radius 3 is 2.68 bits per heavy atom. The number of rotatable bonds is 3. The first kappa shape index (κ1) is 14.3. The number of pyridine rings is 1. The van der Waals surface area contributed by atoms with Crippen molar-refractivity contribution in [3.05, 3.63) is 77.5 Å². The largest absolute Gasteiger partial charge is 0.322 e. The number of nitrogens with zero attached hydrogens (tertiary/aromatic N) is 1. The van der Waals surface area contributed by atoms with Crippen molar-refractivity contribution in [2.75, 3.05) is 5.32 Å². The zero-order chi connectivity index (χ0) is 15.4. The van der Waals surface area contributed by atoms with Gasteiger partial charge in [-0.1, -0.05) is 48.0 Å². The minimum atomic E-state index is -0.212. The van der Waals surface area contributed by atoms with Crippen molar-refractivity contribution in [1.82, 2.24) is 4.98 Å². The molecule has 2 aromatic carbocycles. The molecule has 4 heteroatoms. The van der Waals surface area contributed by atoms with Crippen molar-refractivity contribution in [3.8, 4) is 0 Å². The number of anilines is 1. The lowest BCUT2D eigenvalue weighted by atomic mass is 10.2. The molecule has 108 valence electrons. The maximum atomic E-state index is 12.1. The van der Waals surface area contributed by atoms with Gasteiger partial charge in [0.2, 0.25) is 5.91 Å². The van der Waals surface area contributed by atoms with Gasteiger partial charge in [-0.05, 0) is 29.8 Å². The summed E-state index contributed by atoms with van der Waals surface area (Å²) in [5.74, 6) is -0.212. The maximum Gasteiger partial charge on any atom is 0.248 e. The van der Waals surface area contributed by atoms with Crippen LogP contribution in [-0.2, 0) is 4.79 Å². The molecule has 0 spiro atoms. The van der Waals surface area contributed by atoms with Crippen LogP contribution >= 0.6 is 11.6 Å². The second-order valence-corrected chi connectivity index (χ2v) is 5.13. The van der Waals surface area contributed by atoms with Gasteiger partial charge < -0.3 is 5.32 Å². The molecule has 22 heavy (non-hydrogen) atoms. The molecule has 0 bridgehead atoms. The predicted octanol–water partition coefficient (Wildman–Crippen LogP) is 4.54. The lowest BCUT2D eigenvalue weighted by Crippen LogP contribution is -2.08. The molecule has 0 atom stereocenters. The first-order valence-corrected chi connectivity index (χ1v) is 7.19. The number of hydrogen-bond acceptors (Lipinski definition) is 2. The molecule has 0 saturated carbocycles. The van der Waals surface area contributed by atoms with E-state index in [1.807, 2.05) is 42.5 Å². The zero-order valence-corrected chi connectivity index (χ0v) is 12.4. The predicted molar refractivity (Wildman–Crippen MR) is 90.9 cm³/mol. The number of nitrogens with one attached hydrogen (secondary N) is 1. The number of carbonyl (C=O) groups is 1. The van der Waals surface area contributed by atoms with E-state index < -0.39 is 0 Å². The Labute approximate surface area is 133 Å². The third kappa shape index (κ3) is 3.15. The van der Waals surface area contributed by atoms with E-state index in [1.165, 1.54) is 6.08 Å². The molecular weight excluding hydrogens is 296 g/mol. The second-order valence-electron chi connectivity index (χ2n) is 4.72. The van der Waals surface area contributed by atoms with Gasteiger partial charge in [-0.15, -0.1) is 0 Å². The molecule has 3 rings (SSSR count). The van der Waals surface area contributed by atoms with Crippen LogP contribution in [0.5, 0.6) is 0 Å². The molecule has 1 heterocycles. The first-order chi connectivity index (χ1) is 10.7. The Hall–Kier alpha value is -2.65. The van der Waals surface area contributed by atoms with Crippen molar-refractivity contribution in [2.24, 2.45) is 0 Å². The Morgan fingerprint density at radius 1 is 1.05 bits per heavy atom. The molecule has 0 fully saturated rings. The van der Waals surface area contributed by atoms with Gasteiger partial charge in [0.1, 0.15) is 0 Å². The van der Waals surface area contributed by atoms with Crippen molar-refractivity contribution < 1.29 is 4.79 Å². The third-order valence-corrected chi connectivity index (χ3v) is 3.57. The van der Waals surface area contributed by atoms with Crippen LogP contribution in [0.25, 0.3) is 17.0 Å². The van der Waals surface area contributed by atoms with E-state index in [2.05, 4.69) is 10.3 Å². The van der Waals surface area contributed by atoms with Gasteiger partial charge in [-0.2, -0.15) is 0 Å². The average Bonchev–Trinajstić information content (AvgIpc) is 2.54. The van der Waals surface area contributed by atoms with E-state index in [4.69, 9.17) is 11.6 Å². The number of aromatic nitrogens is 1. The molecule has 0 aliphatic rings. The van der Waals surface area contributed by atoms with Crippen LogP contribution in [0.1, 0.15) is 5.56 Å². The van der Waals surface area contributed by atoms with E-state index in [9.17, 15) is 4.79 Å². The SMILES string of the molecule is O=C(/C=C/c1ccccc1Cl)Nc1ccnc2ccccc12. The number of carbonyl (C=O) groups excluding carboxylic acids is 1. The fourth-order valence-corrected chi connectivity index (χ4v) is 2.35. The van der Waals surface area contributed by atoms with Crippen molar-refractivity contribution in [3.63, 3.8) is 0 Å². The topological polar surface area (TPSA) is 42.0 Å². The van der Waals surface area contributed by atoms with Gasteiger partial charge in [0.15, 0.2) is 0 Å². The highest BCUT2D eigenvalue weighted by atomic mass is 35.5. The van der Waals surface area contributed by atoms with Gasteiger partial charge >= 0.3 is 0 Å². The summed E-state index contributed by atoms with van der Waals surface area (Å²) in [6.07, 6.45) is 4.84. The van der Waals surface area contributed by atoms with Gasteiger partial charge in [-0.3, -0.25) is 9.78 Å². The molecule has 1 N–H and O–H groups in total. The van der Waals surface area contributed by atoms with E-state index in [-0.39, 0.29) is 5.91 Å². The van der Waals surface area contributed by atoms with Crippen LogP contribution in [0.3, 0.4) is 0 Å². The van der Waals surface area contributed by atoms with Crippen molar-refractivity contribution >= 4 is 40.2 Å². The van der Waals surface area contributed by atoms with Gasteiger partial charge in [-0.25, -0.2) is 0 Å². The van der Waals surface area contributed by atoms with Gasteiger partial charge in [0.25, 0.3) is 0 Å². The number of para-hydroxylation sites is 1. The average molecular weight is 309 g/mol. The fraction of sp³-hybridized carbons (Fsp3) is 0. The normalized spacial score (nSPS) is 11.0. The second kappa shape index (κ2) is 6.41. The number of hydrogen-bond donors (Lipinski definition) is 1. The van der Waals surface area contributed by atoms with Crippen molar-refractivity contribution in [1.29, 1.82) is 0 Å². The fourth-order valence-electron chi connectivity index (χ4n) is 2.15. The summed E-state index contributed by atoms with van der Waals surface area (Å²) in [5, 5.41) is 4.38. The number of amides is 1. The summed E-state index contributed by atoms with van der Waals surface area (Å²) >= 11 is 6.05. The van der Waals surface area contributed by atoms with E-state index >= 15 is 0 Å². The summed E-state index contributed by atoms with van der Waals surface area (Å²) < 4.78 is 0. The van der Waals surface area contributed by atoms with Crippen molar-refractivity contribution in [2.45, 2.75) is 0 Å². The Bertz CT molecular complexity index is 853. The molecule has 0 saturated heterocycles. The Morgan fingerprint density at radius 2 is 1.82 bits per heavy atom. The highest BCUT2D eigenvalue weighted by Gasteiger charge is 2.04.